The zero-order valence-electron chi connectivity index (χ0n) is 14.4. The zero-order valence-corrected chi connectivity index (χ0v) is 14.4. The van der Waals surface area contributed by atoms with Crippen LogP contribution in [0, 0.1) is 11.8 Å². The molecule has 2 heteroatoms. The lowest BCUT2D eigenvalue weighted by atomic mass is 10.1. The van der Waals surface area contributed by atoms with Gasteiger partial charge in [0.05, 0.1) is 0 Å². The van der Waals surface area contributed by atoms with E-state index in [0.717, 1.165) is 32.5 Å². The summed E-state index contributed by atoms with van der Waals surface area (Å²) in [6, 6.07) is 0. The third-order valence-electron chi connectivity index (χ3n) is 3.93. The third kappa shape index (κ3) is 11.8. The van der Waals surface area contributed by atoms with Crippen molar-refractivity contribution >= 4 is 0 Å². The van der Waals surface area contributed by atoms with Gasteiger partial charge in [-0.2, -0.15) is 0 Å². The van der Waals surface area contributed by atoms with Gasteiger partial charge in [-0.15, -0.1) is 0 Å². The molecule has 0 aliphatic carbocycles. The Balaban J connectivity index is 1.76. The molecule has 1 heterocycles. The van der Waals surface area contributed by atoms with E-state index in [0.29, 0.717) is 0 Å². The number of ether oxygens (including phenoxy) is 2. The molecule has 1 unspecified atom stereocenters. The van der Waals surface area contributed by atoms with Gasteiger partial charge in [0.2, 0.25) is 0 Å². The fraction of sp³-hybridized carbons (Fsp3) is 0.800. The maximum atomic E-state index is 5.74. The monoisotopic (exact) mass is 306 g/mol. The molecule has 1 atom stereocenters. The first-order valence-corrected chi connectivity index (χ1v) is 9.30. The molecule has 1 aliphatic heterocycles. The summed E-state index contributed by atoms with van der Waals surface area (Å²) in [5, 5.41) is 0. The Morgan fingerprint density at radius 3 is 2.55 bits per heavy atom. The largest absolute Gasteiger partial charge is 0.353 e. The molecule has 126 valence electrons. The predicted molar refractivity (Wildman–Crippen MR) is 93.7 cm³/mol. The molecule has 0 saturated carbocycles. The normalized spacial score (nSPS) is 18.3. The van der Waals surface area contributed by atoms with Crippen LogP contribution in [0.25, 0.3) is 0 Å². The Kier molecular flexibility index (Phi) is 13.2. The van der Waals surface area contributed by atoms with E-state index >= 15 is 0 Å². The highest BCUT2D eigenvalue weighted by atomic mass is 16.7. The van der Waals surface area contributed by atoms with Gasteiger partial charge in [0.25, 0.3) is 0 Å². The van der Waals surface area contributed by atoms with Gasteiger partial charge in [0, 0.05) is 19.6 Å². The molecule has 0 aromatic heterocycles. The molecule has 0 aromatic carbocycles. The van der Waals surface area contributed by atoms with Gasteiger partial charge >= 0.3 is 0 Å². The van der Waals surface area contributed by atoms with E-state index < -0.39 is 0 Å². The highest BCUT2D eigenvalue weighted by Crippen LogP contribution is 2.14. The molecular formula is C20H34O2. The Hall–Kier alpha value is -0.780. The maximum Gasteiger partial charge on any atom is 0.157 e. The van der Waals surface area contributed by atoms with E-state index in [-0.39, 0.29) is 6.29 Å². The molecule has 0 N–H and O–H groups in total. The number of hydrogen-bond donors (Lipinski definition) is 0. The van der Waals surface area contributed by atoms with E-state index in [4.69, 9.17) is 9.47 Å². The van der Waals surface area contributed by atoms with Crippen molar-refractivity contribution in [2.75, 3.05) is 13.2 Å². The van der Waals surface area contributed by atoms with E-state index in [1.54, 1.807) is 0 Å². The second kappa shape index (κ2) is 15.1. The van der Waals surface area contributed by atoms with Crippen LogP contribution >= 0.6 is 0 Å². The topological polar surface area (TPSA) is 18.5 Å². The Morgan fingerprint density at radius 1 is 1.05 bits per heavy atom. The number of allylic oxidation sites excluding steroid dienone is 2. The summed E-state index contributed by atoms with van der Waals surface area (Å²) >= 11 is 0. The highest BCUT2D eigenvalue weighted by molar-refractivity contribution is 5.14. The van der Waals surface area contributed by atoms with Crippen molar-refractivity contribution in [3.63, 3.8) is 0 Å². The smallest absolute Gasteiger partial charge is 0.157 e. The van der Waals surface area contributed by atoms with Crippen molar-refractivity contribution in [1.82, 2.24) is 0 Å². The van der Waals surface area contributed by atoms with Crippen molar-refractivity contribution in [3.8, 4) is 11.8 Å². The SMILES string of the molecule is CC/C=C\C#CCCCCCCCCCOC1CCCCO1. The molecule has 1 fully saturated rings. The van der Waals surface area contributed by atoms with Crippen LogP contribution in [0.5, 0.6) is 0 Å². The lowest BCUT2D eigenvalue weighted by molar-refractivity contribution is -0.162. The Morgan fingerprint density at radius 2 is 1.82 bits per heavy atom. The average Bonchev–Trinajstić information content (AvgIpc) is 2.56. The summed E-state index contributed by atoms with van der Waals surface area (Å²) in [5.41, 5.74) is 0. The average molecular weight is 306 g/mol. The molecule has 0 radical (unpaired) electrons. The quantitative estimate of drug-likeness (QED) is 0.364. The molecular weight excluding hydrogens is 272 g/mol. The minimum Gasteiger partial charge on any atom is -0.353 e. The van der Waals surface area contributed by atoms with Gasteiger partial charge in [0.1, 0.15) is 0 Å². The fourth-order valence-electron chi connectivity index (χ4n) is 2.56. The first kappa shape index (κ1) is 19.3. The van der Waals surface area contributed by atoms with E-state index in [1.165, 1.54) is 57.8 Å². The zero-order chi connectivity index (χ0) is 15.7. The Bertz CT molecular complexity index is 318. The molecule has 0 aromatic rings. The third-order valence-corrected chi connectivity index (χ3v) is 3.93. The molecule has 1 aliphatic rings. The lowest BCUT2D eigenvalue weighted by Crippen LogP contribution is -2.22. The minimum absolute atomic E-state index is 0.0852. The predicted octanol–water partition coefficient (Wildman–Crippen LogP) is 5.62. The summed E-state index contributed by atoms with van der Waals surface area (Å²) < 4.78 is 11.3. The van der Waals surface area contributed by atoms with Crippen LogP contribution in [0.15, 0.2) is 12.2 Å². The second-order valence-electron chi connectivity index (χ2n) is 6.02. The molecule has 0 bridgehead atoms. The molecule has 1 saturated heterocycles. The second-order valence-corrected chi connectivity index (χ2v) is 6.02. The standard InChI is InChI=1S/C20H34O2/c1-2-3-4-5-6-7-8-9-10-11-12-13-15-18-21-20-17-14-16-19-22-20/h3-4,20H,2,7-19H2,1H3/b4-3-. The molecule has 0 amide bonds. The first-order chi connectivity index (χ1) is 10.9. The van der Waals surface area contributed by atoms with Gasteiger partial charge in [-0.25, -0.2) is 0 Å². The summed E-state index contributed by atoms with van der Waals surface area (Å²) in [7, 11) is 0. The van der Waals surface area contributed by atoms with Crippen LogP contribution in [0.1, 0.15) is 84.0 Å². The molecule has 1 rings (SSSR count). The van der Waals surface area contributed by atoms with Gasteiger partial charge in [-0.05, 0) is 44.6 Å². The Labute approximate surface area is 137 Å². The van der Waals surface area contributed by atoms with Crippen molar-refractivity contribution < 1.29 is 9.47 Å². The van der Waals surface area contributed by atoms with Gasteiger partial charge in [-0.1, -0.05) is 56.9 Å². The number of rotatable bonds is 11. The first-order valence-electron chi connectivity index (χ1n) is 9.30. The highest BCUT2D eigenvalue weighted by Gasteiger charge is 2.13. The van der Waals surface area contributed by atoms with Crippen LogP contribution in [-0.4, -0.2) is 19.5 Å². The maximum absolute atomic E-state index is 5.74. The molecule has 0 spiro atoms. The molecule has 22 heavy (non-hydrogen) atoms. The van der Waals surface area contributed by atoms with Crippen LogP contribution in [0.2, 0.25) is 0 Å². The van der Waals surface area contributed by atoms with E-state index in [1.807, 2.05) is 6.08 Å². The summed E-state index contributed by atoms with van der Waals surface area (Å²) in [6.45, 7) is 3.88. The van der Waals surface area contributed by atoms with Gasteiger partial charge < -0.3 is 9.47 Å². The van der Waals surface area contributed by atoms with Crippen LogP contribution in [0.4, 0.5) is 0 Å². The number of hydrogen-bond acceptors (Lipinski definition) is 2. The number of unbranched alkanes of at least 4 members (excludes halogenated alkanes) is 7. The van der Waals surface area contributed by atoms with Gasteiger partial charge in [0.15, 0.2) is 6.29 Å². The van der Waals surface area contributed by atoms with Crippen LogP contribution in [0.3, 0.4) is 0 Å². The van der Waals surface area contributed by atoms with Crippen molar-refractivity contribution in [2.24, 2.45) is 0 Å². The van der Waals surface area contributed by atoms with Gasteiger partial charge in [-0.3, -0.25) is 0 Å². The summed E-state index contributed by atoms with van der Waals surface area (Å²) in [6.07, 6.45) is 18.9. The van der Waals surface area contributed by atoms with E-state index in [2.05, 4.69) is 24.8 Å². The van der Waals surface area contributed by atoms with Crippen molar-refractivity contribution in [1.29, 1.82) is 0 Å². The van der Waals surface area contributed by atoms with Crippen molar-refractivity contribution in [2.45, 2.75) is 90.3 Å². The van der Waals surface area contributed by atoms with E-state index in [9.17, 15) is 0 Å². The van der Waals surface area contributed by atoms with Crippen LogP contribution < -0.4 is 0 Å². The molecule has 2 nitrogen and oxygen atoms in total. The fourth-order valence-corrected chi connectivity index (χ4v) is 2.56. The summed E-state index contributed by atoms with van der Waals surface area (Å²) in [5.74, 6) is 6.29. The summed E-state index contributed by atoms with van der Waals surface area (Å²) in [4.78, 5) is 0. The lowest BCUT2D eigenvalue weighted by Gasteiger charge is -2.22. The van der Waals surface area contributed by atoms with Crippen LogP contribution in [-0.2, 0) is 9.47 Å². The van der Waals surface area contributed by atoms with Crippen molar-refractivity contribution in [3.05, 3.63) is 12.2 Å². The minimum atomic E-state index is 0.0852.